The van der Waals surface area contributed by atoms with Crippen LogP contribution in [0, 0.1) is 11.7 Å². The van der Waals surface area contributed by atoms with Crippen molar-refractivity contribution < 1.29 is 45.1 Å². The molecule has 3 heterocycles. The normalized spacial score (nSPS) is 23.8. The van der Waals surface area contributed by atoms with Gasteiger partial charge in [0.25, 0.3) is 0 Å². The number of carbonyl (C=O) groups is 2. The van der Waals surface area contributed by atoms with Crippen LogP contribution in [0.4, 0.5) is 30.7 Å². The molecule has 3 aliphatic heterocycles. The molecule has 0 bridgehead atoms. The summed E-state index contributed by atoms with van der Waals surface area (Å²) in [5.41, 5.74) is 2.77. The molecule has 3 fully saturated rings. The highest BCUT2D eigenvalue weighted by Gasteiger charge is 2.45. The lowest BCUT2D eigenvalue weighted by molar-refractivity contribution is -0.147. The van der Waals surface area contributed by atoms with Gasteiger partial charge in [0.05, 0.1) is 23.8 Å². The molecule has 0 aromatic heterocycles. The number of alkyl halides is 6. The SMILES string of the molecule is CC1(N)CCN(C(=O)C2CC(=O)N3CC(OCc4cc(C(F)(F)F)cc(C(F)(F)F)c4)CC3C2)CC1.Fc1ccccc1. The number of rotatable bonds is 4. The average molecular weight is 618 g/mol. The Morgan fingerprint density at radius 2 is 1.56 bits per heavy atom. The van der Waals surface area contributed by atoms with Crippen molar-refractivity contribution in [1.29, 1.82) is 0 Å². The van der Waals surface area contributed by atoms with Crippen LogP contribution in [-0.4, -0.2) is 58.9 Å². The highest BCUT2D eigenvalue weighted by molar-refractivity contribution is 5.87. The first-order chi connectivity index (χ1) is 20.0. The maximum absolute atomic E-state index is 13.1. The average Bonchev–Trinajstić information content (AvgIpc) is 3.35. The third-order valence-corrected chi connectivity index (χ3v) is 8.11. The molecule has 5 rings (SSSR count). The van der Waals surface area contributed by atoms with E-state index in [1.807, 2.05) is 6.92 Å². The van der Waals surface area contributed by atoms with Gasteiger partial charge >= 0.3 is 12.4 Å². The summed E-state index contributed by atoms with van der Waals surface area (Å²) in [7, 11) is 0. The van der Waals surface area contributed by atoms with Gasteiger partial charge in [-0.1, -0.05) is 18.2 Å². The number of halogens is 7. The number of amides is 2. The number of hydrogen-bond donors (Lipinski definition) is 1. The largest absolute Gasteiger partial charge is 0.416 e. The Hall–Kier alpha value is -3.19. The van der Waals surface area contributed by atoms with Crippen LogP contribution >= 0.6 is 0 Å². The first-order valence-electron chi connectivity index (χ1n) is 14.0. The molecule has 3 unspecified atom stereocenters. The van der Waals surface area contributed by atoms with Gasteiger partial charge in [-0.2, -0.15) is 26.3 Å². The maximum Gasteiger partial charge on any atom is 0.416 e. The number of hydrogen-bond acceptors (Lipinski definition) is 4. The van der Waals surface area contributed by atoms with E-state index in [9.17, 15) is 40.3 Å². The zero-order valence-electron chi connectivity index (χ0n) is 23.6. The number of fused-ring (bicyclic) bond motifs is 1. The lowest BCUT2D eigenvalue weighted by atomic mass is 9.86. The van der Waals surface area contributed by atoms with Crippen molar-refractivity contribution in [3.05, 3.63) is 71.0 Å². The zero-order valence-corrected chi connectivity index (χ0v) is 23.6. The Labute approximate surface area is 245 Å². The molecule has 0 aliphatic carbocycles. The highest BCUT2D eigenvalue weighted by Crippen LogP contribution is 2.38. The number of likely N-dealkylation sites (tertiary alicyclic amines) is 1. The Kier molecular flexibility index (Phi) is 9.75. The van der Waals surface area contributed by atoms with E-state index in [2.05, 4.69) is 0 Å². The molecule has 13 heteroatoms. The number of benzene rings is 2. The van der Waals surface area contributed by atoms with Crippen LogP contribution in [0.25, 0.3) is 0 Å². The standard InChI is InChI=1S/C24H29F6N3O3.C6H5F/c1-22(31)2-4-32(5-3-22)21(35)15-8-18-11-19(12-33(18)20(34)9-15)36-13-14-6-16(23(25,26)27)10-17(7-14)24(28,29)30;7-6-4-2-1-3-5-6/h6-7,10,15,18-19H,2-5,8-9,11-13,31H2,1H3;1-5H. The number of nitrogens with two attached hydrogens (primary N) is 1. The van der Waals surface area contributed by atoms with Crippen LogP contribution in [0.2, 0.25) is 0 Å². The van der Waals surface area contributed by atoms with Crippen molar-refractivity contribution >= 4 is 11.8 Å². The predicted molar refractivity (Wildman–Crippen MR) is 143 cm³/mol. The zero-order chi connectivity index (χ0) is 31.6. The third kappa shape index (κ3) is 8.69. The van der Waals surface area contributed by atoms with Crippen molar-refractivity contribution in [3.63, 3.8) is 0 Å². The smallest absolute Gasteiger partial charge is 0.372 e. The second-order valence-corrected chi connectivity index (χ2v) is 11.7. The molecule has 43 heavy (non-hydrogen) atoms. The molecule has 2 aromatic rings. The molecular weight excluding hydrogens is 583 g/mol. The topological polar surface area (TPSA) is 75.9 Å². The summed E-state index contributed by atoms with van der Waals surface area (Å²) in [5, 5.41) is 0. The molecular formula is C30H34F7N3O3. The van der Waals surface area contributed by atoms with Gasteiger partial charge in [0, 0.05) is 43.6 Å². The van der Waals surface area contributed by atoms with Gasteiger partial charge in [-0.15, -0.1) is 0 Å². The van der Waals surface area contributed by atoms with Gasteiger partial charge in [-0.05, 0) is 68.5 Å². The number of carbonyl (C=O) groups excluding carboxylic acids is 2. The van der Waals surface area contributed by atoms with E-state index in [1.165, 1.54) is 12.1 Å². The third-order valence-electron chi connectivity index (χ3n) is 8.11. The van der Waals surface area contributed by atoms with Crippen molar-refractivity contribution in [2.75, 3.05) is 19.6 Å². The summed E-state index contributed by atoms with van der Waals surface area (Å²) in [6.45, 7) is 2.74. The van der Waals surface area contributed by atoms with Gasteiger partial charge in [0.1, 0.15) is 5.82 Å². The summed E-state index contributed by atoms with van der Waals surface area (Å²) in [6.07, 6.45) is -8.19. The lowest BCUT2D eigenvalue weighted by Crippen LogP contribution is -2.53. The summed E-state index contributed by atoms with van der Waals surface area (Å²) < 4.78 is 96.2. The fourth-order valence-corrected chi connectivity index (χ4v) is 5.68. The molecule has 6 nitrogen and oxygen atoms in total. The Morgan fingerprint density at radius 3 is 2.07 bits per heavy atom. The molecule has 3 aliphatic rings. The molecule has 0 radical (unpaired) electrons. The molecule has 3 saturated heterocycles. The molecule has 0 spiro atoms. The van der Waals surface area contributed by atoms with Crippen LogP contribution in [0.15, 0.2) is 48.5 Å². The highest BCUT2D eigenvalue weighted by atomic mass is 19.4. The Morgan fingerprint density at radius 1 is 0.977 bits per heavy atom. The monoisotopic (exact) mass is 617 g/mol. The minimum atomic E-state index is -4.94. The van der Waals surface area contributed by atoms with Crippen LogP contribution in [0.1, 0.15) is 55.7 Å². The molecule has 2 aromatic carbocycles. The van der Waals surface area contributed by atoms with E-state index in [-0.39, 0.29) is 53.8 Å². The molecule has 3 atom stereocenters. The first-order valence-corrected chi connectivity index (χ1v) is 14.0. The van der Waals surface area contributed by atoms with E-state index < -0.39 is 42.1 Å². The summed E-state index contributed by atoms with van der Waals surface area (Å²) in [5.74, 6) is -0.916. The van der Waals surface area contributed by atoms with E-state index in [1.54, 1.807) is 28.0 Å². The number of nitrogens with zero attached hydrogens (tertiary/aromatic N) is 2. The fraction of sp³-hybridized carbons (Fsp3) is 0.533. The minimum absolute atomic E-state index is 0.0705. The van der Waals surface area contributed by atoms with Crippen molar-refractivity contribution in [3.8, 4) is 0 Å². The van der Waals surface area contributed by atoms with Gasteiger partial charge in [0.2, 0.25) is 11.8 Å². The van der Waals surface area contributed by atoms with Gasteiger partial charge in [-0.3, -0.25) is 9.59 Å². The van der Waals surface area contributed by atoms with Crippen LogP contribution < -0.4 is 5.73 Å². The Balaban J connectivity index is 0.000000530. The first kappa shape index (κ1) is 32.7. The van der Waals surface area contributed by atoms with Gasteiger partial charge in [-0.25, -0.2) is 4.39 Å². The summed E-state index contributed by atoms with van der Waals surface area (Å²) in [4.78, 5) is 29.1. The maximum atomic E-state index is 13.1. The summed E-state index contributed by atoms with van der Waals surface area (Å²) >= 11 is 0. The molecule has 236 valence electrons. The quantitative estimate of drug-likeness (QED) is 0.441. The van der Waals surface area contributed by atoms with Crippen molar-refractivity contribution in [2.24, 2.45) is 11.7 Å². The predicted octanol–water partition coefficient (Wildman–Crippen LogP) is 5.79. The minimum Gasteiger partial charge on any atom is -0.372 e. The van der Waals surface area contributed by atoms with Gasteiger partial charge < -0.3 is 20.3 Å². The number of piperidine rings is 2. The van der Waals surface area contributed by atoms with Crippen LogP contribution in [0.3, 0.4) is 0 Å². The lowest BCUT2D eigenvalue weighted by Gasteiger charge is -2.40. The van der Waals surface area contributed by atoms with Gasteiger partial charge in [0.15, 0.2) is 0 Å². The van der Waals surface area contributed by atoms with E-state index in [4.69, 9.17) is 10.5 Å². The molecule has 2 amide bonds. The molecule has 2 N–H and O–H groups in total. The van der Waals surface area contributed by atoms with E-state index >= 15 is 0 Å². The molecule has 0 saturated carbocycles. The second-order valence-electron chi connectivity index (χ2n) is 11.7. The van der Waals surface area contributed by atoms with Crippen LogP contribution in [-0.2, 0) is 33.3 Å². The van der Waals surface area contributed by atoms with Crippen LogP contribution in [0.5, 0.6) is 0 Å². The van der Waals surface area contributed by atoms with Crippen molar-refractivity contribution in [1.82, 2.24) is 9.80 Å². The summed E-state index contributed by atoms with van der Waals surface area (Å²) in [6, 6.07) is 9.03. The van der Waals surface area contributed by atoms with E-state index in [0.717, 1.165) is 0 Å². The Bertz CT molecular complexity index is 1240. The van der Waals surface area contributed by atoms with E-state index in [0.29, 0.717) is 50.9 Å². The fourth-order valence-electron chi connectivity index (χ4n) is 5.68. The second kappa shape index (κ2) is 12.8. The number of ether oxygens (including phenoxy) is 1. The van der Waals surface area contributed by atoms with Crippen molar-refractivity contribution in [2.45, 2.75) is 75.7 Å².